The van der Waals surface area contributed by atoms with Gasteiger partial charge in [-0.25, -0.2) is 0 Å². The fraction of sp³-hybridized carbons (Fsp3) is 0.400. The number of carboxylic acids is 1. The maximum atomic E-state index is 11.7. The Morgan fingerprint density at radius 3 is 2.37 bits per heavy atom. The van der Waals surface area contributed by atoms with E-state index in [0.717, 1.165) is 11.3 Å². The first-order valence-corrected chi connectivity index (χ1v) is 6.07. The Bertz CT molecular complexity index is 574. The zero-order chi connectivity index (χ0) is 14.6. The van der Waals surface area contributed by atoms with E-state index in [9.17, 15) is 19.2 Å². The van der Waals surface area contributed by atoms with Gasteiger partial charge in [0.1, 0.15) is 11.4 Å². The number of hydrogen-bond donors (Lipinski definition) is 3. The van der Waals surface area contributed by atoms with Gasteiger partial charge in [0.05, 0.1) is 6.54 Å². The lowest BCUT2D eigenvalue weighted by molar-refractivity contribution is -0.137. The molecule has 1 aromatic rings. The third-order valence-corrected chi connectivity index (χ3v) is 3.48. The number of carbonyl (C=O) groups is 3. The molecule has 1 aromatic heterocycles. The predicted molar refractivity (Wildman–Crippen MR) is 67.3 cm³/mol. The van der Waals surface area contributed by atoms with Gasteiger partial charge in [0.15, 0.2) is 0 Å². The van der Waals surface area contributed by atoms with Crippen molar-refractivity contribution in [2.24, 2.45) is 7.05 Å². The molecule has 0 bridgehead atoms. The van der Waals surface area contributed by atoms with Gasteiger partial charge in [0.2, 0.25) is 5.91 Å². The number of carbonyl (C=O) groups excluding carboxylic acids is 2. The van der Waals surface area contributed by atoms with Gasteiger partial charge < -0.3 is 20.3 Å². The molecule has 0 aliphatic rings. The molecule has 8 nitrogen and oxygen atoms in total. The maximum Gasteiger partial charge on any atom is 0.322 e. The fourth-order valence-electron chi connectivity index (χ4n) is 1.21. The van der Waals surface area contributed by atoms with Crippen molar-refractivity contribution < 1.29 is 19.5 Å². The number of hydrogen-bond acceptors (Lipinski definition) is 5. The molecule has 0 aliphatic heterocycles. The highest BCUT2D eigenvalue weighted by atomic mass is 32.1. The van der Waals surface area contributed by atoms with Crippen molar-refractivity contribution in [3.8, 4) is 0 Å². The first-order valence-electron chi connectivity index (χ1n) is 5.26. The second-order valence-electron chi connectivity index (χ2n) is 3.69. The van der Waals surface area contributed by atoms with Crippen molar-refractivity contribution in [1.29, 1.82) is 0 Å². The highest BCUT2D eigenvalue weighted by Gasteiger charge is 2.16. The smallest absolute Gasteiger partial charge is 0.322 e. The van der Waals surface area contributed by atoms with Gasteiger partial charge in [-0.3, -0.25) is 19.2 Å². The van der Waals surface area contributed by atoms with Crippen LogP contribution in [-0.4, -0.2) is 40.5 Å². The number of thiazole rings is 1. The fourth-order valence-corrected chi connectivity index (χ4v) is 2.11. The molecule has 0 unspecified atom stereocenters. The largest absolute Gasteiger partial charge is 0.480 e. The Labute approximate surface area is 112 Å². The van der Waals surface area contributed by atoms with Crippen LogP contribution in [-0.2, 0) is 16.6 Å². The van der Waals surface area contributed by atoms with Crippen molar-refractivity contribution in [3.05, 3.63) is 20.2 Å². The summed E-state index contributed by atoms with van der Waals surface area (Å²) >= 11 is 0.789. The molecule has 19 heavy (non-hydrogen) atoms. The molecule has 0 radical (unpaired) electrons. The van der Waals surface area contributed by atoms with Crippen LogP contribution in [0.4, 0.5) is 0 Å². The van der Waals surface area contributed by atoms with Crippen LogP contribution in [0.15, 0.2) is 4.79 Å². The summed E-state index contributed by atoms with van der Waals surface area (Å²) in [5.41, 5.74) is 0.512. The van der Waals surface area contributed by atoms with Gasteiger partial charge in [-0.05, 0) is 6.92 Å². The van der Waals surface area contributed by atoms with Crippen LogP contribution in [0.25, 0.3) is 0 Å². The summed E-state index contributed by atoms with van der Waals surface area (Å²) in [6, 6.07) is 0. The zero-order valence-corrected chi connectivity index (χ0v) is 11.2. The predicted octanol–water partition coefficient (Wildman–Crippen LogP) is -1.31. The van der Waals surface area contributed by atoms with Crippen LogP contribution < -0.4 is 15.5 Å². The van der Waals surface area contributed by atoms with Crippen molar-refractivity contribution in [2.45, 2.75) is 6.92 Å². The lowest BCUT2D eigenvalue weighted by Crippen LogP contribution is -2.39. The second kappa shape index (κ2) is 6.14. The Morgan fingerprint density at radius 1 is 1.26 bits per heavy atom. The van der Waals surface area contributed by atoms with E-state index in [0.29, 0.717) is 5.69 Å². The molecule has 0 aromatic carbocycles. The molecule has 0 saturated carbocycles. The zero-order valence-electron chi connectivity index (χ0n) is 10.3. The third kappa shape index (κ3) is 3.91. The number of carboxylic acid groups (broad SMARTS) is 1. The molecule has 0 fully saturated rings. The van der Waals surface area contributed by atoms with Crippen LogP contribution in [0.2, 0.25) is 0 Å². The van der Waals surface area contributed by atoms with Gasteiger partial charge in [0.25, 0.3) is 5.91 Å². The lowest BCUT2D eigenvalue weighted by Gasteiger charge is -2.04. The van der Waals surface area contributed by atoms with Crippen LogP contribution in [0.1, 0.15) is 15.4 Å². The molecule has 0 atom stereocenters. The number of aliphatic carboxylic acids is 1. The van der Waals surface area contributed by atoms with E-state index in [-0.39, 0.29) is 16.3 Å². The van der Waals surface area contributed by atoms with E-state index in [1.807, 2.05) is 0 Å². The molecular weight excluding hydrogens is 274 g/mol. The topological polar surface area (TPSA) is 118 Å². The Hall–Kier alpha value is -2.16. The summed E-state index contributed by atoms with van der Waals surface area (Å²) < 4.78 is 1.34. The standard InChI is InChI=1S/C10H13N3O5S/c1-5-8(19-10(18)13(5)2)9(17)12-3-6(14)11-4-7(15)16/h3-4H2,1-2H3,(H,11,14)(H,12,17)(H,15,16). The minimum absolute atomic E-state index is 0.235. The average molecular weight is 287 g/mol. The van der Waals surface area contributed by atoms with Crippen LogP contribution in [0.5, 0.6) is 0 Å². The van der Waals surface area contributed by atoms with Gasteiger partial charge in [-0.2, -0.15) is 0 Å². The quantitative estimate of drug-likeness (QED) is 0.621. The van der Waals surface area contributed by atoms with E-state index < -0.39 is 24.3 Å². The first-order chi connectivity index (χ1) is 8.82. The van der Waals surface area contributed by atoms with Crippen LogP contribution >= 0.6 is 11.3 Å². The normalized spacial score (nSPS) is 10.0. The number of nitrogens with zero attached hydrogens (tertiary/aromatic N) is 1. The van der Waals surface area contributed by atoms with Crippen LogP contribution in [0.3, 0.4) is 0 Å². The van der Waals surface area contributed by atoms with Crippen molar-refractivity contribution in [2.75, 3.05) is 13.1 Å². The summed E-state index contributed by atoms with van der Waals surface area (Å²) in [6.07, 6.45) is 0. The highest BCUT2D eigenvalue weighted by Crippen LogP contribution is 2.09. The molecule has 0 aliphatic carbocycles. The van der Waals surface area contributed by atoms with Gasteiger partial charge >= 0.3 is 10.8 Å². The molecule has 1 heterocycles. The summed E-state index contributed by atoms with van der Waals surface area (Å²) in [7, 11) is 1.55. The molecule has 3 N–H and O–H groups in total. The Kier molecular flexibility index (Phi) is 4.81. The average Bonchev–Trinajstić information content (AvgIpc) is 2.61. The SMILES string of the molecule is Cc1c(C(=O)NCC(=O)NCC(=O)O)sc(=O)n1C. The Balaban J connectivity index is 2.56. The molecular formula is C10H13N3O5S. The second-order valence-corrected chi connectivity index (χ2v) is 4.66. The minimum atomic E-state index is -1.17. The van der Waals surface area contributed by atoms with Crippen molar-refractivity contribution in [3.63, 3.8) is 0 Å². The van der Waals surface area contributed by atoms with E-state index in [1.165, 1.54) is 4.57 Å². The molecule has 0 spiro atoms. The summed E-state index contributed by atoms with van der Waals surface area (Å²) in [5.74, 6) is -2.32. The van der Waals surface area contributed by atoms with E-state index in [4.69, 9.17) is 5.11 Å². The third-order valence-electron chi connectivity index (χ3n) is 2.35. The number of aromatic nitrogens is 1. The summed E-state index contributed by atoms with van der Waals surface area (Å²) in [4.78, 5) is 44.4. The number of nitrogens with one attached hydrogen (secondary N) is 2. The van der Waals surface area contributed by atoms with Crippen molar-refractivity contribution >= 4 is 29.1 Å². The van der Waals surface area contributed by atoms with E-state index >= 15 is 0 Å². The molecule has 0 saturated heterocycles. The van der Waals surface area contributed by atoms with E-state index in [1.54, 1.807) is 14.0 Å². The van der Waals surface area contributed by atoms with Crippen LogP contribution in [0, 0.1) is 6.92 Å². The molecule has 104 valence electrons. The summed E-state index contributed by atoms with van der Waals surface area (Å²) in [6.45, 7) is 0.769. The van der Waals surface area contributed by atoms with Gasteiger partial charge in [-0.1, -0.05) is 11.3 Å². The monoisotopic (exact) mass is 287 g/mol. The Morgan fingerprint density at radius 2 is 1.89 bits per heavy atom. The molecule has 9 heteroatoms. The van der Waals surface area contributed by atoms with Crippen molar-refractivity contribution in [1.82, 2.24) is 15.2 Å². The van der Waals surface area contributed by atoms with E-state index in [2.05, 4.69) is 10.6 Å². The molecule has 2 amide bonds. The summed E-state index contributed by atoms with van der Waals surface area (Å²) in [5, 5.41) is 12.8. The number of amides is 2. The number of rotatable bonds is 5. The lowest BCUT2D eigenvalue weighted by atomic mass is 10.3. The highest BCUT2D eigenvalue weighted by molar-refractivity contribution is 7.11. The maximum absolute atomic E-state index is 11.7. The van der Waals surface area contributed by atoms with Gasteiger partial charge in [0, 0.05) is 12.7 Å². The van der Waals surface area contributed by atoms with Gasteiger partial charge in [-0.15, -0.1) is 0 Å². The first kappa shape index (κ1) is 14.9. The molecule has 1 rings (SSSR count). The minimum Gasteiger partial charge on any atom is -0.480 e.